The highest BCUT2D eigenvalue weighted by Crippen LogP contribution is 2.38. The zero-order chi connectivity index (χ0) is 30.3. The third-order valence-electron chi connectivity index (χ3n) is 8.00. The maximum absolute atomic E-state index is 13.0. The Hall–Kier alpha value is -3.28. The lowest BCUT2D eigenvalue weighted by Crippen LogP contribution is -2.42. The van der Waals surface area contributed by atoms with E-state index in [-0.39, 0.29) is 24.5 Å². The van der Waals surface area contributed by atoms with Gasteiger partial charge in [-0.25, -0.2) is 0 Å². The molecule has 0 aliphatic carbocycles. The summed E-state index contributed by atoms with van der Waals surface area (Å²) in [5, 5.41) is 21.3. The van der Waals surface area contributed by atoms with Crippen LogP contribution in [0.4, 0.5) is 5.69 Å². The Morgan fingerprint density at radius 1 is 1.07 bits per heavy atom. The summed E-state index contributed by atoms with van der Waals surface area (Å²) in [7, 11) is 1.61. The minimum absolute atomic E-state index is 0.0190. The van der Waals surface area contributed by atoms with Crippen LogP contribution in [-0.2, 0) is 23.4 Å². The van der Waals surface area contributed by atoms with Gasteiger partial charge in [-0.2, -0.15) is 0 Å². The molecular weight excluding hydrogens is 552 g/mol. The van der Waals surface area contributed by atoms with Gasteiger partial charge in [-0.1, -0.05) is 35.9 Å². The Labute approximate surface area is 254 Å². The number of β-amino-alcohol motifs (C(OH)–C–C–N with tert-alkyl or cyclic N) is 1. The third-order valence-corrected chi connectivity index (χ3v) is 8.24. The van der Waals surface area contributed by atoms with Gasteiger partial charge in [-0.15, -0.1) is 0 Å². The lowest BCUT2D eigenvalue weighted by Gasteiger charge is -2.40. The number of carbonyl (C=O) groups is 1. The van der Waals surface area contributed by atoms with E-state index in [9.17, 15) is 9.90 Å². The molecule has 2 heterocycles. The molecule has 5 rings (SSSR count). The van der Waals surface area contributed by atoms with Crippen LogP contribution in [0, 0.1) is 18.1 Å². The summed E-state index contributed by atoms with van der Waals surface area (Å²) < 4.78 is 11.4. The fourth-order valence-electron chi connectivity index (χ4n) is 5.62. The molecule has 0 spiro atoms. The van der Waals surface area contributed by atoms with Gasteiger partial charge in [0.2, 0.25) is 5.91 Å². The van der Waals surface area contributed by atoms with E-state index >= 15 is 0 Å². The molecule has 2 aliphatic heterocycles. The van der Waals surface area contributed by atoms with Gasteiger partial charge in [-0.05, 0) is 106 Å². The molecule has 1 fully saturated rings. The summed E-state index contributed by atoms with van der Waals surface area (Å²) >= 11 is 5.49. The van der Waals surface area contributed by atoms with Crippen LogP contribution in [0.15, 0.2) is 54.6 Å². The summed E-state index contributed by atoms with van der Waals surface area (Å²) in [6.07, 6.45) is 2.10. The number of nitrogens with zero attached hydrogens (tertiary/aromatic N) is 2. The van der Waals surface area contributed by atoms with Gasteiger partial charge in [0.1, 0.15) is 0 Å². The van der Waals surface area contributed by atoms with Gasteiger partial charge in [0.05, 0.1) is 38.4 Å². The van der Waals surface area contributed by atoms with Crippen molar-refractivity contribution >= 4 is 23.2 Å². The highest BCUT2D eigenvalue weighted by molar-refractivity contribution is 6.30. The fraction of sp³-hybridized carbons (Fsp3) is 0.441. The largest absolute Gasteiger partial charge is 0.493 e. The number of carbonyl (C=O) groups excluding carboxylic acids is 1. The third kappa shape index (κ3) is 7.76. The van der Waals surface area contributed by atoms with Crippen molar-refractivity contribution in [1.82, 2.24) is 4.90 Å². The second kappa shape index (κ2) is 14.3. The average Bonchev–Trinajstić information content (AvgIpc) is 2.98. The number of anilines is 1. The molecule has 1 amide bonds. The first-order valence-corrected chi connectivity index (χ1v) is 14.9. The van der Waals surface area contributed by atoms with Gasteiger partial charge in [-0.3, -0.25) is 4.79 Å². The van der Waals surface area contributed by atoms with E-state index in [0.717, 1.165) is 48.3 Å². The van der Waals surface area contributed by atoms with Gasteiger partial charge in [0.15, 0.2) is 11.5 Å². The Kier molecular flexibility index (Phi) is 10.7. The van der Waals surface area contributed by atoms with Crippen molar-refractivity contribution in [3.63, 3.8) is 0 Å². The molecule has 0 bridgehead atoms. The van der Waals surface area contributed by atoms with E-state index in [1.54, 1.807) is 30.2 Å². The van der Waals surface area contributed by atoms with Crippen molar-refractivity contribution in [2.75, 3.05) is 38.3 Å². The number of ether oxygens (including phenoxy) is 2. The van der Waals surface area contributed by atoms with Crippen LogP contribution in [0.5, 0.6) is 11.5 Å². The molecule has 224 valence electrons. The Bertz CT molecular complexity index is 1310. The number of halogens is 1. The number of likely N-dealkylation sites (tertiary alicyclic amines) is 1. The predicted octanol–water partition coefficient (Wildman–Crippen LogP) is 5.42. The number of aliphatic hydroxyl groups excluding tert-OH is 1. The molecule has 1 saturated heterocycles. The highest BCUT2D eigenvalue weighted by Gasteiger charge is 2.36. The van der Waals surface area contributed by atoms with Gasteiger partial charge >= 0.3 is 0 Å². The number of hydrogen-bond donors (Lipinski definition) is 2. The maximum Gasteiger partial charge on any atom is 0.231 e. The molecular formula is C34H41ClN2O5. The number of rotatable bonds is 8. The molecule has 3 aromatic rings. The van der Waals surface area contributed by atoms with E-state index in [1.807, 2.05) is 57.2 Å². The quantitative estimate of drug-likeness (QED) is 0.363. The van der Waals surface area contributed by atoms with E-state index in [4.69, 9.17) is 26.2 Å². The van der Waals surface area contributed by atoms with Gasteiger partial charge < -0.3 is 29.5 Å². The molecule has 1 atom stereocenters. The normalized spacial score (nSPS) is 17.0. The van der Waals surface area contributed by atoms with Crippen LogP contribution < -0.4 is 14.4 Å². The average molecular weight is 593 g/mol. The van der Waals surface area contributed by atoms with Crippen LogP contribution in [0.2, 0.25) is 5.02 Å². The number of piperidine rings is 1. The summed E-state index contributed by atoms with van der Waals surface area (Å²) in [5.74, 6) is 1.52. The van der Waals surface area contributed by atoms with Crippen molar-refractivity contribution in [2.24, 2.45) is 5.92 Å². The SMILES string of the molecule is COc1cc2c(cc1OC(C)C)CN(c1ccc([C@](C)(O)C3CCN(CCO)CC3)cc1)C(=O)C2.Clc1cc#ccc1. The Morgan fingerprint density at radius 3 is 2.31 bits per heavy atom. The summed E-state index contributed by atoms with van der Waals surface area (Å²) in [6, 6.07) is 22.2. The van der Waals surface area contributed by atoms with Crippen LogP contribution >= 0.6 is 11.6 Å². The molecule has 2 N–H and O–H groups in total. The molecule has 0 radical (unpaired) electrons. The van der Waals surface area contributed by atoms with E-state index < -0.39 is 5.60 Å². The van der Waals surface area contributed by atoms with Crippen molar-refractivity contribution in [3.8, 4) is 11.5 Å². The Morgan fingerprint density at radius 2 is 1.76 bits per heavy atom. The highest BCUT2D eigenvalue weighted by atomic mass is 35.5. The van der Waals surface area contributed by atoms with Crippen LogP contribution in [-0.4, -0.2) is 60.5 Å². The number of aliphatic hydroxyl groups is 2. The first-order chi connectivity index (χ1) is 20.1. The van der Waals surface area contributed by atoms with E-state index in [0.29, 0.717) is 36.0 Å². The predicted molar refractivity (Wildman–Crippen MR) is 165 cm³/mol. The smallest absolute Gasteiger partial charge is 0.231 e. The lowest BCUT2D eigenvalue weighted by molar-refractivity contribution is -0.118. The number of fused-ring (bicyclic) bond motifs is 1. The molecule has 8 heteroatoms. The number of benzene rings is 2. The first kappa shape index (κ1) is 31.7. The minimum atomic E-state index is -0.942. The number of methoxy groups -OCH3 is 1. The molecule has 3 aromatic carbocycles. The molecule has 2 aliphatic rings. The molecule has 42 heavy (non-hydrogen) atoms. The summed E-state index contributed by atoms with van der Waals surface area (Å²) in [4.78, 5) is 17.0. The molecule has 0 saturated carbocycles. The zero-order valence-electron chi connectivity index (χ0n) is 24.9. The fourth-order valence-corrected chi connectivity index (χ4v) is 5.73. The topological polar surface area (TPSA) is 82.5 Å². The van der Waals surface area contributed by atoms with Gasteiger partial charge in [0.25, 0.3) is 0 Å². The zero-order valence-corrected chi connectivity index (χ0v) is 25.7. The summed E-state index contributed by atoms with van der Waals surface area (Å²) in [6.45, 7) is 8.93. The number of amides is 1. The van der Waals surface area contributed by atoms with Crippen molar-refractivity contribution in [3.05, 3.63) is 88.4 Å². The van der Waals surface area contributed by atoms with Crippen molar-refractivity contribution in [2.45, 2.75) is 58.3 Å². The van der Waals surface area contributed by atoms with Gasteiger partial charge in [0, 0.05) is 23.3 Å². The van der Waals surface area contributed by atoms with Crippen LogP contribution in [0.1, 0.15) is 50.3 Å². The van der Waals surface area contributed by atoms with Crippen molar-refractivity contribution in [1.29, 1.82) is 0 Å². The van der Waals surface area contributed by atoms with Crippen LogP contribution in [0.3, 0.4) is 0 Å². The van der Waals surface area contributed by atoms with Crippen LogP contribution in [0.25, 0.3) is 0 Å². The summed E-state index contributed by atoms with van der Waals surface area (Å²) in [5.41, 5.74) is 2.75. The molecule has 7 nitrogen and oxygen atoms in total. The monoisotopic (exact) mass is 592 g/mol. The van der Waals surface area contributed by atoms with E-state index in [2.05, 4.69) is 17.0 Å². The second-order valence-corrected chi connectivity index (χ2v) is 11.7. The number of hydrogen-bond acceptors (Lipinski definition) is 6. The first-order valence-electron chi connectivity index (χ1n) is 14.5. The Balaban J connectivity index is 0.000000507. The molecule has 0 unspecified atom stereocenters. The maximum atomic E-state index is 13.0. The van der Waals surface area contributed by atoms with Crippen molar-refractivity contribution < 1.29 is 24.5 Å². The second-order valence-electron chi connectivity index (χ2n) is 11.3. The standard InChI is InChI=1S/C28H38N2O5.C6H3Cl/c1-19(2)35-26-16-21-18-30(27(32)17-20(21)15-25(26)34-4)24-7-5-22(6-8-24)28(3,33)23-9-11-29(12-10-23)13-14-31;7-6-4-2-1-3-5-6/h5-8,15-16,19,23,31,33H,9-14,17-18H2,1-4H3;2,4-5H/t28-;/m0./s1. The minimum Gasteiger partial charge on any atom is -0.493 e. The lowest BCUT2D eigenvalue weighted by atomic mass is 9.77. The van der Waals surface area contributed by atoms with E-state index in [1.165, 1.54) is 0 Å². The molecule has 0 aromatic heterocycles.